The minimum Gasteiger partial charge on any atom is -0.286 e. The molecular weight excluding hydrogens is 466 g/mol. The standard InChI is InChI=1S/C21H23N5O3S3/c1-12-10-22-19(30-12)26-17-9-15(32(28,29)24-21(4)7-8-21)5-6-16(17)25(20(26)27)11-18-13(2)23-14(3)31-18/h5-6,9-10,24H,7-8,11H2,1-4H3. The molecule has 0 aliphatic heterocycles. The van der Waals surface area contributed by atoms with Gasteiger partial charge >= 0.3 is 5.69 Å². The third kappa shape index (κ3) is 3.72. The SMILES string of the molecule is Cc1cnc(-n2c(=O)n(Cc3sc(C)nc3C)c3ccc(S(=O)(=O)NC4(C)CC4)cc32)s1. The number of benzene rings is 1. The van der Waals surface area contributed by atoms with Crippen LogP contribution in [0.2, 0.25) is 0 Å². The van der Waals surface area contributed by atoms with Crippen molar-refractivity contribution in [2.45, 2.75) is 57.5 Å². The summed E-state index contributed by atoms with van der Waals surface area (Å²) in [5.74, 6) is 0. The summed E-state index contributed by atoms with van der Waals surface area (Å²) in [5.41, 5.74) is 1.44. The highest BCUT2D eigenvalue weighted by molar-refractivity contribution is 7.89. The second kappa shape index (κ2) is 7.34. The molecule has 1 aliphatic carbocycles. The highest BCUT2D eigenvalue weighted by Crippen LogP contribution is 2.36. The van der Waals surface area contributed by atoms with E-state index in [4.69, 9.17) is 0 Å². The zero-order valence-electron chi connectivity index (χ0n) is 18.2. The Labute approximate surface area is 193 Å². The molecule has 1 aliphatic rings. The average molecular weight is 490 g/mol. The van der Waals surface area contributed by atoms with Crippen LogP contribution in [-0.4, -0.2) is 33.1 Å². The predicted octanol–water partition coefficient (Wildman–Crippen LogP) is 3.51. The molecule has 3 heterocycles. The molecule has 1 saturated carbocycles. The Hall–Kier alpha value is -2.34. The summed E-state index contributed by atoms with van der Waals surface area (Å²) in [7, 11) is -3.71. The molecule has 0 spiro atoms. The number of aromatic nitrogens is 4. The van der Waals surface area contributed by atoms with Crippen molar-refractivity contribution in [3.63, 3.8) is 0 Å². The molecule has 4 aromatic rings. The fourth-order valence-electron chi connectivity index (χ4n) is 3.73. The van der Waals surface area contributed by atoms with Gasteiger partial charge in [0.05, 0.1) is 33.2 Å². The quantitative estimate of drug-likeness (QED) is 0.447. The molecule has 0 radical (unpaired) electrons. The monoisotopic (exact) mass is 489 g/mol. The third-order valence-corrected chi connectivity index (χ3v) is 9.29. The van der Waals surface area contributed by atoms with Crippen molar-refractivity contribution in [3.05, 3.63) is 55.3 Å². The first-order valence-electron chi connectivity index (χ1n) is 10.2. The predicted molar refractivity (Wildman–Crippen MR) is 127 cm³/mol. The molecule has 1 N–H and O–H groups in total. The molecule has 32 heavy (non-hydrogen) atoms. The van der Waals surface area contributed by atoms with Crippen molar-refractivity contribution < 1.29 is 8.42 Å². The Morgan fingerprint density at radius 1 is 1.16 bits per heavy atom. The number of hydrogen-bond donors (Lipinski definition) is 1. The van der Waals surface area contributed by atoms with E-state index in [1.807, 2.05) is 27.7 Å². The molecule has 0 atom stereocenters. The van der Waals surface area contributed by atoms with Crippen LogP contribution in [0.4, 0.5) is 0 Å². The smallest absolute Gasteiger partial charge is 0.286 e. The van der Waals surface area contributed by atoms with Crippen LogP contribution >= 0.6 is 22.7 Å². The molecule has 11 heteroatoms. The van der Waals surface area contributed by atoms with E-state index in [1.54, 1.807) is 40.3 Å². The van der Waals surface area contributed by atoms with Crippen LogP contribution in [-0.2, 0) is 16.6 Å². The fourth-order valence-corrected chi connectivity index (χ4v) is 6.90. The van der Waals surface area contributed by atoms with Crippen molar-refractivity contribution in [1.29, 1.82) is 0 Å². The first-order valence-corrected chi connectivity index (χ1v) is 13.3. The van der Waals surface area contributed by atoms with Gasteiger partial charge in [-0.15, -0.1) is 22.7 Å². The number of rotatable bonds is 6. The van der Waals surface area contributed by atoms with E-state index in [0.717, 1.165) is 33.3 Å². The number of imidazole rings is 1. The molecule has 1 fully saturated rings. The van der Waals surface area contributed by atoms with Crippen LogP contribution in [0.5, 0.6) is 0 Å². The van der Waals surface area contributed by atoms with Crippen molar-refractivity contribution >= 4 is 43.7 Å². The number of hydrogen-bond acceptors (Lipinski definition) is 7. The minimum atomic E-state index is -3.71. The van der Waals surface area contributed by atoms with Gasteiger partial charge in [0.2, 0.25) is 10.0 Å². The number of aryl methyl sites for hydroxylation is 3. The van der Waals surface area contributed by atoms with Crippen LogP contribution < -0.4 is 10.4 Å². The fraction of sp³-hybridized carbons (Fsp3) is 0.381. The van der Waals surface area contributed by atoms with E-state index in [0.29, 0.717) is 22.7 Å². The summed E-state index contributed by atoms with van der Waals surface area (Å²) in [6, 6.07) is 4.85. The maximum absolute atomic E-state index is 13.5. The van der Waals surface area contributed by atoms with E-state index in [-0.39, 0.29) is 16.1 Å². The molecule has 5 rings (SSSR count). The van der Waals surface area contributed by atoms with E-state index in [9.17, 15) is 13.2 Å². The van der Waals surface area contributed by atoms with Gasteiger partial charge in [-0.3, -0.25) is 4.57 Å². The summed E-state index contributed by atoms with van der Waals surface area (Å²) >= 11 is 2.95. The third-order valence-electron chi connectivity index (χ3n) is 5.69. The van der Waals surface area contributed by atoms with Crippen LogP contribution in [0, 0.1) is 20.8 Å². The highest BCUT2D eigenvalue weighted by Gasteiger charge is 2.41. The van der Waals surface area contributed by atoms with Gasteiger partial charge < -0.3 is 0 Å². The van der Waals surface area contributed by atoms with Crippen molar-refractivity contribution in [2.24, 2.45) is 0 Å². The average Bonchev–Trinajstić information content (AvgIpc) is 3.01. The lowest BCUT2D eigenvalue weighted by Gasteiger charge is -2.12. The van der Waals surface area contributed by atoms with Crippen molar-refractivity contribution in [1.82, 2.24) is 23.8 Å². The lowest BCUT2D eigenvalue weighted by molar-refractivity contribution is 0.558. The van der Waals surface area contributed by atoms with Crippen LogP contribution in [0.1, 0.15) is 40.2 Å². The molecule has 0 bridgehead atoms. The summed E-state index contributed by atoms with van der Waals surface area (Å²) in [6.45, 7) is 8.06. The molecule has 168 valence electrons. The molecule has 0 amide bonds. The first kappa shape index (κ1) is 21.5. The van der Waals surface area contributed by atoms with Crippen LogP contribution in [0.3, 0.4) is 0 Å². The van der Waals surface area contributed by atoms with Crippen LogP contribution in [0.15, 0.2) is 34.1 Å². The minimum absolute atomic E-state index is 0.141. The zero-order chi connectivity index (χ0) is 22.8. The van der Waals surface area contributed by atoms with Crippen molar-refractivity contribution in [3.8, 4) is 5.13 Å². The first-order chi connectivity index (χ1) is 15.1. The summed E-state index contributed by atoms with van der Waals surface area (Å²) in [6.07, 6.45) is 3.35. The maximum atomic E-state index is 13.5. The molecule has 8 nitrogen and oxygen atoms in total. The van der Waals surface area contributed by atoms with Gasteiger partial charge in [-0.2, -0.15) is 0 Å². The number of fused-ring (bicyclic) bond motifs is 1. The number of nitrogens with one attached hydrogen (secondary N) is 1. The second-order valence-corrected chi connectivity index (χ2v) is 12.7. The van der Waals surface area contributed by atoms with Gasteiger partial charge in [-0.25, -0.2) is 32.5 Å². The Balaban J connectivity index is 1.70. The topological polar surface area (TPSA) is 98.9 Å². The van der Waals surface area contributed by atoms with Gasteiger partial charge in [0.25, 0.3) is 0 Å². The zero-order valence-corrected chi connectivity index (χ0v) is 20.6. The summed E-state index contributed by atoms with van der Waals surface area (Å²) < 4.78 is 31.9. The lowest BCUT2D eigenvalue weighted by atomic mass is 10.3. The Morgan fingerprint density at radius 2 is 1.91 bits per heavy atom. The number of sulfonamides is 1. The van der Waals surface area contributed by atoms with E-state index >= 15 is 0 Å². The Morgan fingerprint density at radius 3 is 2.50 bits per heavy atom. The van der Waals surface area contributed by atoms with Crippen LogP contribution in [0.25, 0.3) is 16.2 Å². The maximum Gasteiger partial charge on any atom is 0.335 e. The Bertz CT molecular complexity index is 1520. The normalized spacial score (nSPS) is 15.5. The molecule has 0 unspecified atom stereocenters. The largest absolute Gasteiger partial charge is 0.335 e. The summed E-state index contributed by atoms with van der Waals surface area (Å²) in [5, 5.41) is 1.46. The lowest BCUT2D eigenvalue weighted by Crippen LogP contribution is -2.34. The molecular formula is C21H23N5O3S3. The molecule has 1 aromatic carbocycles. The van der Waals surface area contributed by atoms with E-state index < -0.39 is 10.0 Å². The molecule has 0 saturated heterocycles. The van der Waals surface area contributed by atoms with Gasteiger partial charge in [0, 0.05) is 21.5 Å². The second-order valence-electron chi connectivity index (χ2n) is 8.52. The molecule has 3 aromatic heterocycles. The highest BCUT2D eigenvalue weighted by atomic mass is 32.2. The van der Waals surface area contributed by atoms with E-state index in [2.05, 4.69) is 14.7 Å². The Kier molecular flexibility index (Phi) is 4.93. The number of thiazole rings is 2. The van der Waals surface area contributed by atoms with Gasteiger partial charge in [-0.1, -0.05) is 0 Å². The van der Waals surface area contributed by atoms with Gasteiger partial charge in [0.15, 0.2) is 5.13 Å². The van der Waals surface area contributed by atoms with E-state index in [1.165, 1.54) is 15.9 Å². The van der Waals surface area contributed by atoms with Gasteiger partial charge in [-0.05, 0) is 58.7 Å². The summed E-state index contributed by atoms with van der Waals surface area (Å²) in [4.78, 5) is 24.5. The van der Waals surface area contributed by atoms with Crippen molar-refractivity contribution in [2.75, 3.05) is 0 Å². The van der Waals surface area contributed by atoms with Gasteiger partial charge in [0.1, 0.15) is 0 Å². The number of nitrogens with zero attached hydrogens (tertiary/aromatic N) is 4.